The fraction of sp³-hybridized carbons (Fsp3) is 0.526. The second-order valence-electron chi connectivity index (χ2n) is 7.01. The van der Waals surface area contributed by atoms with Gasteiger partial charge in [0.05, 0.1) is 6.04 Å². The Balaban J connectivity index is 2.12. The number of unbranched alkanes of at least 4 members (excludes halogenated alkanes) is 2. The molecular formula is C19H27N3O2S. The maximum atomic E-state index is 12.2. The molecule has 0 radical (unpaired) electrons. The summed E-state index contributed by atoms with van der Waals surface area (Å²) in [5.74, 6) is 0. The Labute approximate surface area is 153 Å². The van der Waals surface area contributed by atoms with Crippen molar-refractivity contribution in [2.45, 2.75) is 65.0 Å². The van der Waals surface area contributed by atoms with Gasteiger partial charge in [-0.3, -0.25) is 0 Å². The molecule has 0 fully saturated rings. The first-order valence-corrected chi connectivity index (χ1v) is 9.59. The quantitative estimate of drug-likeness (QED) is 0.675. The SMILES string of the molecule is CCCCCC(NC(=O)OC(C)(C)C)c1nnc(-c2ccccc2)s1. The molecular weight excluding hydrogens is 334 g/mol. The summed E-state index contributed by atoms with van der Waals surface area (Å²) in [7, 11) is 0. The lowest BCUT2D eigenvalue weighted by molar-refractivity contribution is 0.0500. The number of benzene rings is 1. The van der Waals surface area contributed by atoms with Crippen LogP contribution < -0.4 is 5.32 Å². The molecule has 0 aliphatic rings. The van der Waals surface area contributed by atoms with Crippen LogP contribution in [0.3, 0.4) is 0 Å². The van der Waals surface area contributed by atoms with Gasteiger partial charge in [-0.1, -0.05) is 67.9 Å². The number of ether oxygens (including phenoxy) is 1. The Morgan fingerprint density at radius 3 is 2.56 bits per heavy atom. The first-order chi connectivity index (χ1) is 11.9. The van der Waals surface area contributed by atoms with Gasteiger partial charge < -0.3 is 10.1 Å². The van der Waals surface area contributed by atoms with E-state index in [1.807, 2.05) is 51.1 Å². The number of rotatable bonds is 7. The van der Waals surface area contributed by atoms with E-state index in [-0.39, 0.29) is 6.04 Å². The molecule has 1 heterocycles. The van der Waals surface area contributed by atoms with Crippen molar-refractivity contribution in [2.75, 3.05) is 0 Å². The van der Waals surface area contributed by atoms with Crippen LogP contribution in [0.1, 0.15) is 64.4 Å². The highest BCUT2D eigenvalue weighted by atomic mass is 32.1. The van der Waals surface area contributed by atoms with Crippen LogP contribution in [-0.4, -0.2) is 21.9 Å². The average Bonchev–Trinajstić information content (AvgIpc) is 3.03. The number of carbonyl (C=O) groups excluding carboxylic acids is 1. The van der Waals surface area contributed by atoms with Crippen LogP contribution in [0.15, 0.2) is 30.3 Å². The minimum Gasteiger partial charge on any atom is -0.444 e. The van der Waals surface area contributed by atoms with Gasteiger partial charge in [-0.05, 0) is 27.2 Å². The third kappa shape index (κ3) is 6.46. The molecule has 0 aliphatic carbocycles. The topological polar surface area (TPSA) is 64.1 Å². The molecule has 0 bridgehead atoms. The minimum atomic E-state index is -0.519. The number of hydrogen-bond acceptors (Lipinski definition) is 5. The van der Waals surface area contributed by atoms with Crippen molar-refractivity contribution in [3.63, 3.8) is 0 Å². The number of nitrogens with one attached hydrogen (secondary N) is 1. The highest BCUT2D eigenvalue weighted by Gasteiger charge is 2.23. The van der Waals surface area contributed by atoms with Crippen molar-refractivity contribution in [3.8, 4) is 10.6 Å². The molecule has 0 spiro atoms. The van der Waals surface area contributed by atoms with Crippen molar-refractivity contribution < 1.29 is 9.53 Å². The monoisotopic (exact) mass is 361 g/mol. The molecule has 25 heavy (non-hydrogen) atoms. The van der Waals surface area contributed by atoms with E-state index >= 15 is 0 Å². The molecule has 1 aromatic heterocycles. The van der Waals surface area contributed by atoms with Crippen LogP contribution in [0, 0.1) is 0 Å². The van der Waals surface area contributed by atoms with Gasteiger partial charge in [0.1, 0.15) is 15.6 Å². The molecule has 136 valence electrons. The average molecular weight is 362 g/mol. The molecule has 1 aromatic carbocycles. The summed E-state index contributed by atoms with van der Waals surface area (Å²) in [6, 6.07) is 9.79. The summed E-state index contributed by atoms with van der Waals surface area (Å²) in [6.07, 6.45) is 3.69. The first-order valence-electron chi connectivity index (χ1n) is 8.77. The summed E-state index contributed by atoms with van der Waals surface area (Å²) in [4.78, 5) is 12.2. The van der Waals surface area contributed by atoms with Crippen LogP contribution >= 0.6 is 11.3 Å². The summed E-state index contributed by atoms with van der Waals surface area (Å²) >= 11 is 1.52. The molecule has 0 aliphatic heterocycles. The van der Waals surface area contributed by atoms with Crippen LogP contribution in [0.5, 0.6) is 0 Å². The predicted octanol–water partition coefficient (Wildman–Crippen LogP) is 5.35. The van der Waals surface area contributed by atoms with E-state index in [4.69, 9.17) is 4.74 Å². The van der Waals surface area contributed by atoms with Gasteiger partial charge in [-0.15, -0.1) is 10.2 Å². The van der Waals surface area contributed by atoms with E-state index in [2.05, 4.69) is 22.4 Å². The van der Waals surface area contributed by atoms with E-state index in [0.29, 0.717) is 0 Å². The maximum Gasteiger partial charge on any atom is 0.408 e. The van der Waals surface area contributed by atoms with Crippen molar-refractivity contribution >= 4 is 17.4 Å². The summed E-state index contributed by atoms with van der Waals surface area (Å²) in [5, 5.41) is 13.3. The lowest BCUT2D eigenvalue weighted by Crippen LogP contribution is -2.35. The molecule has 0 saturated heterocycles. The van der Waals surface area contributed by atoms with Crippen molar-refractivity contribution in [3.05, 3.63) is 35.3 Å². The van der Waals surface area contributed by atoms with Gasteiger partial charge in [0.2, 0.25) is 0 Å². The molecule has 2 aromatic rings. The van der Waals surface area contributed by atoms with Gasteiger partial charge in [0.15, 0.2) is 0 Å². The standard InChI is InChI=1S/C19H27N3O2S/c1-5-6-8-13-15(20-18(23)24-19(2,3)4)17-22-21-16(25-17)14-11-9-7-10-12-14/h7,9-12,15H,5-6,8,13H2,1-4H3,(H,20,23). The van der Waals surface area contributed by atoms with Crippen LogP contribution in [0.2, 0.25) is 0 Å². The Morgan fingerprint density at radius 1 is 1.20 bits per heavy atom. The molecule has 1 unspecified atom stereocenters. The van der Waals surface area contributed by atoms with Crippen molar-refractivity contribution in [2.24, 2.45) is 0 Å². The zero-order valence-electron chi connectivity index (χ0n) is 15.4. The highest BCUT2D eigenvalue weighted by molar-refractivity contribution is 7.14. The summed E-state index contributed by atoms with van der Waals surface area (Å²) in [6.45, 7) is 7.74. The number of aromatic nitrogens is 2. The molecule has 1 atom stereocenters. The second kappa shape index (κ2) is 8.94. The molecule has 2 rings (SSSR count). The largest absolute Gasteiger partial charge is 0.444 e. The molecule has 6 heteroatoms. The molecule has 0 saturated carbocycles. The Morgan fingerprint density at radius 2 is 1.92 bits per heavy atom. The number of hydrogen-bond donors (Lipinski definition) is 1. The Bertz CT molecular complexity index is 665. The summed E-state index contributed by atoms with van der Waals surface area (Å²) in [5.41, 5.74) is 0.518. The van der Waals surface area contributed by atoms with Crippen LogP contribution in [-0.2, 0) is 4.74 Å². The van der Waals surface area contributed by atoms with E-state index in [9.17, 15) is 4.79 Å². The second-order valence-corrected chi connectivity index (χ2v) is 8.02. The number of nitrogens with zero attached hydrogens (tertiary/aromatic N) is 2. The lowest BCUT2D eigenvalue weighted by Gasteiger charge is -2.22. The Kier molecular flexibility index (Phi) is 6.93. The van der Waals surface area contributed by atoms with E-state index in [0.717, 1.165) is 41.3 Å². The highest BCUT2D eigenvalue weighted by Crippen LogP contribution is 2.29. The first kappa shape index (κ1) is 19.4. The molecule has 5 nitrogen and oxygen atoms in total. The number of amides is 1. The van der Waals surface area contributed by atoms with Crippen LogP contribution in [0.25, 0.3) is 10.6 Å². The molecule has 1 N–H and O–H groups in total. The normalized spacial score (nSPS) is 12.6. The third-order valence-electron chi connectivity index (χ3n) is 3.55. The van der Waals surface area contributed by atoms with E-state index in [1.165, 1.54) is 11.3 Å². The van der Waals surface area contributed by atoms with E-state index in [1.54, 1.807) is 0 Å². The number of alkyl carbamates (subject to hydrolysis) is 1. The minimum absolute atomic E-state index is 0.170. The Hall–Kier alpha value is -1.95. The van der Waals surface area contributed by atoms with Gasteiger partial charge >= 0.3 is 6.09 Å². The van der Waals surface area contributed by atoms with Crippen molar-refractivity contribution in [1.29, 1.82) is 0 Å². The zero-order chi connectivity index (χ0) is 18.3. The van der Waals surface area contributed by atoms with Gasteiger partial charge in [-0.2, -0.15) is 0 Å². The van der Waals surface area contributed by atoms with Crippen molar-refractivity contribution in [1.82, 2.24) is 15.5 Å². The van der Waals surface area contributed by atoms with Crippen LogP contribution in [0.4, 0.5) is 4.79 Å². The van der Waals surface area contributed by atoms with E-state index < -0.39 is 11.7 Å². The maximum absolute atomic E-state index is 12.2. The van der Waals surface area contributed by atoms with Gasteiger partial charge in [0, 0.05) is 5.56 Å². The fourth-order valence-corrected chi connectivity index (χ4v) is 3.31. The third-order valence-corrected chi connectivity index (χ3v) is 4.63. The lowest BCUT2D eigenvalue weighted by atomic mass is 10.1. The zero-order valence-corrected chi connectivity index (χ0v) is 16.2. The van der Waals surface area contributed by atoms with Gasteiger partial charge in [-0.25, -0.2) is 4.79 Å². The smallest absolute Gasteiger partial charge is 0.408 e. The summed E-state index contributed by atoms with van der Waals surface area (Å²) < 4.78 is 5.39. The van der Waals surface area contributed by atoms with Gasteiger partial charge in [0.25, 0.3) is 0 Å². The predicted molar refractivity (Wildman–Crippen MR) is 102 cm³/mol. The fourth-order valence-electron chi connectivity index (χ4n) is 2.38. The number of carbonyl (C=O) groups is 1. The molecule has 1 amide bonds.